The van der Waals surface area contributed by atoms with Crippen LogP contribution in [0.1, 0.15) is 30.5 Å². The predicted molar refractivity (Wildman–Crippen MR) is 125 cm³/mol. The van der Waals surface area contributed by atoms with E-state index in [2.05, 4.69) is 9.82 Å². The lowest BCUT2D eigenvalue weighted by atomic mass is 9.99. The summed E-state index contributed by atoms with van der Waals surface area (Å²) in [6.07, 6.45) is 0.181. The monoisotopic (exact) mass is 505 g/mol. The number of anilines is 1. The molecule has 0 amide bonds. The number of sulfonamides is 2. The molecule has 1 atom stereocenters. The van der Waals surface area contributed by atoms with Crippen LogP contribution in [0.5, 0.6) is 0 Å². The van der Waals surface area contributed by atoms with Crippen LogP contribution in [-0.4, -0.2) is 32.7 Å². The first-order valence-electron chi connectivity index (χ1n) is 10.3. The van der Waals surface area contributed by atoms with E-state index in [9.17, 15) is 25.6 Å². The molecule has 1 N–H and O–H groups in total. The minimum atomic E-state index is -4.22. The number of nitrogens with zero attached hydrogens (tertiary/aromatic N) is 2. The molecule has 0 fully saturated rings. The lowest BCUT2D eigenvalue weighted by Gasteiger charge is -2.23. The largest absolute Gasteiger partial charge is 0.284 e. The molecule has 0 aliphatic carbocycles. The van der Waals surface area contributed by atoms with Gasteiger partial charge in [-0.3, -0.25) is 4.72 Å². The SMILES string of the molecule is CCS(=O)(=O)Nc1ccc(C2=NN(S(=O)(=O)c3cccc(F)c3)C(c3ccc(F)cc3)C2)cc1. The highest BCUT2D eigenvalue weighted by atomic mass is 32.2. The molecular formula is C23H21F2N3O4S2. The van der Waals surface area contributed by atoms with Crippen LogP contribution in [0.2, 0.25) is 0 Å². The number of benzene rings is 3. The van der Waals surface area contributed by atoms with E-state index in [1.807, 2.05) is 0 Å². The van der Waals surface area contributed by atoms with Gasteiger partial charge in [-0.05, 0) is 60.5 Å². The first-order chi connectivity index (χ1) is 16.1. The fourth-order valence-corrected chi connectivity index (χ4v) is 5.64. The smallest absolute Gasteiger partial charge is 0.279 e. The maximum atomic E-state index is 13.8. The van der Waals surface area contributed by atoms with E-state index in [1.165, 1.54) is 43.3 Å². The Labute approximate surface area is 196 Å². The van der Waals surface area contributed by atoms with E-state index >= 15 is 0 Å². The van der Waals surface area contributed by atoms with Gasteiger partial charge in [0.05, 0.1) is 22.4 Å². The van der Waals surface area contributed by atoms with Crippen molar-refractivity contribution in [1.29, 1.82) is 0 Å². The van der Waals surface area contributed by atoms with Crippen molar-refractivity contribution < 1.29 is 25.6 Å². The highest BCUT2D eigenvalue weighted by Gasteiger charge is 2.38. The molecule has 0 spiro atoms. The second-order valence-corrected chi connectivity index (χ2v) is 11.4. The Morgan fingerprint density at radius 3 is 2.24 bits per heavy atom. The first kappa shape index (κ1) is 23.8. The quantitative estimate of drug-likeness (QED) is 0.519. The minimum absolute atomic E-state index is 0.0757. The van der Waals surface area contributed by atoms with E-state index in [1.54, 1.807) is 24.3 Å². The number of halogens is 2. The van der Waals surface area contributed by atoms with Gasteiger partial charge < -0.3 is 0 Å². The lowest BCUT2D eigenvalue weighted by molar-refractivity contribution is 0.371. The van der Waals surface area contributed by atoms with Crippen LogP contribution in [-0.2, 0) is 20.0 Å². The number of hydrogen-bond acceptors (Lipinski definition) is 5. The maximum absolute atomic E-state index is 13.8. The molecule has 0 saturated heterocycles. The van der Waals surface area contributed by atoms with Crippen LogP contribution in [0.15, 0.2) is 82.8 Å². The summed E-state index contributed by atoms with van der Waals surface area (Å²) >= 11 is 0. The number of hydrazone groups is 1. The molecule has 3 aromatic rings. The Balaban J connectivity index is 1.72. The molecule has 0 saturated carbocycles. The Morgan fingerprint density at radius 2 is 1.62 bits per heavy atom. The summed E-state index contributed by atoms with van der Waals surface area (Å²) in [5.74, 6) is -1.24. The third-order valence-electron chi connectivity index (χ3n) is 5.34. The van der Waals surface area contributed by atoms with Crippen molar-refractivity contribution >= 4 is 31.4 Å². The fraction of sp³-hybridized carbons (Fsp3) is 0.174. The van der Waals surface area contributed by atoms with Gasteiger partial charge in [-0.1, -0.05) is 30.3 Å². The summed E-state index contributed by atoms with van der Waals surface area (Å²) in [7, 11) is -7.67. The van der Waals surface area contributed by atoms with E-state index in [0.29, 0.717) is 22.5 Å². The van der Waals surface area contributed by atoms with Crippen LogP contribution in [0.4, 0.5) is 14.5 Å². The van der Waals surface area contributed by atoms with Gasteiger partial charge in [0.15, 0.2) is 0 Å². The molecule has 1 heterocycles. The highest BCUT2D eigenvalue weighted by molar-refractivity contribution is 7.92. The van der Waals surface area contributed by atoms with Crippen LogP contribution < -0.4 is 4.72 Å². The minimum Gasteiger partial charge on any atom is -0.284 e. The molecule has 0 aromatic heterocycles. The van der Waals surface area contributed by atoms with Gasteiger partial charge in [-0.2, -0.15) is 17.9 Å². The van der Waals surface area contributed by atoms with Gasteiger partial charge in [0.2, 0.25) is 10.0 Å². The summed E-state index contributed by atoms with van der Waals surface area (Å²) in [5.41, 5.74) is 1.90. The summed E-state index contributed by atoms with van der Waals surface area (Å²) < 4.78 is 80.9. The van der Waals surface area contributed by atoms with Gasteiger partial charge in [0.25, 0.3) is 10.0 Å². The summed E-state index contributed by atoms with van der Waals surface area (Å²) in [4.78, 5) is -0.256. The number of rotatable bonds is 7. The van der Waals surface area contributed by atoms with Gasteiger partial charge in [-0.25, -0.2) is 17.2 Å². The molecule has 1 unspecified atom stereocenters. The summed E-state index contributed by atoms with van der Waals surface area (Å²) in [6, 6.07) is 15.7. The van der Waals surface area contributed by atoms with Crippen molar-refractivity contribution in [3.63, 3.8) is 0 Å². The van der Waals surface area contributed by atoms with E-state index < -0.39 is 37.7 Å². The van der Waals surface area contributed by atoms with Crippen LogP contribution >= 0.6 is 0 Å². The predicted octanol–water partition coefficient (Wildman–Crippen LogP) is 4.27. The average molecular weight is 506 g/mol. The second kappa shape index (κ2) is 9.15. The van der Waals surface area contributed by atoms with Crippen LogP contribution in [0.3, 0.4) is 0 Å². The molecule has 0 radical (unpaired) electrons. The van der Waals surface area contributed by atoms with Crippen molar-refractivity contribution in [2.75, 3.05) is 10.5 Å². The molecule has 3 aromatic carbocycles. The highest BCUT2D eigenvalue weighted by Crippen LogP contribution is 2.37. The maximum Gasteiger partial charge on any atom is 0.279 e. The summed E-state index contributed by atoms with van der Waals surface area (Å²) in [5, 5.41) is 4.34. The summed E-state index contributed by atoms with van der Waals surface area (Å²) in [6.45, 7) is 1.52. The lowest BCUT2D eigenvalue weighted by Crippen LogP contribution is -2.27. The zero-order chi connectivity index (χ0) is 24.5. The molecule has 4 rings (SSSR count). The van der Waals surface area contributed by atoms with Crippen molar-refractivity contribution in [3.8, 4) is 0 Å². The topological polar surface area (TPSA) is 95.9 Å². The average Bonchev–Trinajstić information content (AvgIpc) is 3.26. The molecule has 178 valence electrons. The Morgan fingerprint density at radius 1 is 0.941 bits per heavy atom. The van der Waals surface area contributed by atoms with E-state index in [0.717, 1.165) is 16.5 Å². The van der Waals surface area contributed by atoms with E-state index in [4.69, 9.17) is 0 Å². The zero-order valence-corrected chi connectivity index (χ0v) is 19.7. The third kappa shape index (κ3) is 4.95. The van der Waals surface area contributed by atoms with Crippen molar-refractivity contribution in [2.24, 2.45) is 5.10 Å². The molecular weight excluding hydrogens is 484 g/mol. The first-order valence-corrected chi connectivity index (χ1v) is 13.4. The van der Waals surface area contributed by atoms with Crippen molar-refractivity contribution in [1.82, 2.24) is 4.41 Å². The van der Waals surface area contributed by atoms with Gasteiger partial charge in [-0.15, -0.1) is 0 Å². The zero-order valence-electron chi connectivity index (χ0n) is 18.0. The van der Waals surface area contributed by atoms with Crippen molar-refractivity contribution in [2.45, 2.75) is 24.3 Å². The fourth-order valence-electron chi connectivity index (χ4n) is 3.54. The van der Waals surface area contributed by atoms with Crippen LogP contribution in [0, 0.1) is 11.6 Å². The van der Waals surface area contributed by atoms with Gasteiger partial charge in [0.1, 0.15) is 11.6 Å². The van der Waals surface area contributed by atoms with Crippen molar-refractivity contribution in [3.05, 3.63) is 95.6 Å². The standard InChI is InChI=1S/C23H21F2N3O4S2/c1-2-33(29,30)27-20-12-8-16(9-13-20)22-15-23(17-6-10-18(24)11-7-17)28(26-22)34(31,32)21-5-3-4-19(25)14-21/h3-14,23,27H,2,15H2,1H3. The molecule has 34 heavy (non-hydrogen) atoms. The third-order valence-corrected chi connectivity index (χ3v) is 8.32. The van der Waals surface area contributed by atoms with Gasteiger partial charge >= 0.3 is 0 Å². The normalized spacial score (nSPS) is 16.4. The van der Waals surface area contributed by atoms with E-state index in [-0.39, 0.29) is 17.1 Å². The Bertz CT molecular complexity index is 1440. The number of nitrogens with one attached hydrogen (secondary N) is 1. The second-order valence-electron chi connectivity index (χ2n) is 7.64. The van der Waals surface area contributed by atoms with Gasteiger partial charge in [0, 0.05) is 12.1 Å². The number of hydrogen-bond donors (Lipinski definition) is 1. The molecule has 1 aliphatic heterocycles. The Kier molecular flexibility index (Phi) is 6.41. The molecule has 11 heteroatoms. The Hall–Kier alpha value is -3.31. The van der Waals surface area contributed by atoms with Crippen LogP contribution in [0.25, 0.3) is 0 Å². The molecule has 0 bridgehead atoms. The molecule has 1 aliphatic rings. The molecule has 7 nitrogen and oxygen atoms in total.